The molecule has 1 N–H and O–H groups in total. The van der Waals surface area contributed by atoms with Gasteiger partial charge in [0.2, 0.25) is 5.91 Å². The summed E-state index contributed by atoms with van der Waals surface area (Å²) in [5.41, 5.74) is -0.339. The van der Waals surface area contributed by atoms with Crippen LogP contribution >= 0.6 is 0 Å². The first-order valence-corrected chi connectivity index (χ1v) is 13.9. The Labute approximate surface area is 246 Å². The maximum Gasteiger partial charge on any atom is 0.425 e. The normalized spacial score (nSPS) is 17.5. The fraction of sp³-hybridized carbons (Fsp3) is 0.484. The van der Waals surface area contributed by atoms with Crippen molar-refractivity contribution in [2.24, 2.45) is 5.92 Å². The van der Waals surface area contributed by atoms with Crippen molar-refractivity contribution in [3.8, 4) is 0 Å². The number of carbonyl (C=O) groups is 5. The maximum atomic E-state index is 13.2. The number of pyridine rings is 1. The average Bonchev–Trinajstić information content (AvgIpc) is 2.85. The summed E-state index contributed by atoms with van der Waals surface area (Å²) in [7, 11) is 0. The van der Waals surface area contributed by atoms with Crippen LogP contribution in [0.3, 0.4) is 0 Å². The molecule has 11 nitrogen and oxygen atoms in total. The van der Waals surface area contributed by atoms with Crippen LogP contribution in [0.4, 0.5) is 20.2 Å². The highest BCUT2D eigenvalue weighted by Gasteiger charge is 2.51. The maximum absolute atomic E-state index is 13.2. The van der Waals surface area contributed by atoms with Crippen LogP contribution in [0.15, 0.2) is 48.7 Å². The lowest BCUT2D eigenvalue weighted by Crippen LogP contribution is -2.66. The Morgan fingerprint density at radius 3 is 2.07 bits per heavy atom. The molecular formula is C31H40N4O7. The number of urea groups is 1. The molecule has 0 radical (unpaired) electrons. The van der Waals surface area contributed by atoms with Gasteiger partial charge >= 0.3 is 18.2 Å². The minimum absolute atomic E-state index is 0.00340. The van der Waals surface area contributed by atoms with Crippen molar-refractivity contribution in [1.29, 1.82) is 0 Å². The third-order valence-electron chi connectivity index (χ3n) is 6.35. The largest absolute Gasteiger partial charge is 0.443 e. The monoisotopic (exact) mass is 580 g/mol. The van der Waals surface area contributed by atoms with Gasteiger partial charge in [-0.2, -0.15) is 4.90 Å². The van der Waals surface area contributed by atoms with Crippen LogP contribution in [0.2, 0.25) is 0 Å². The molecule has 0 unspecified atom stereocenters. The molecule has 1 aromatic carbocycles. The first-order chi connectivity index (χ1) is 19.5. The third kappa shape index (κ3) is 8.37. The number of ketones is 1. The molecule has 226 valence electrons. The van der Waals surface area contributed by atoms with Crippen molar-refractivity contribution in [1.82, 2.24) is 15.2 Å². The van der Waals surface area contributed by atoms with Gasteiger partial charge in [-0.3, -0.25) is 14.5 Å². The Morgan fingerprint density at radius 1 is 0.976 bits per heavy atom. The van der Waals surface area contributed by atoms with E-state index in [9.17, 15) is 24.0 Å². The summed E-state index contributed by atoms with van der Waals surface area (Å²) >= 11 is 0. The Kier molecular flexibility index (Phi) is 9.75. The van der Waals surface area contributed by atoms with E-state index in [4.69, 9.17) is 9.47 Å². The van der Waals surface area contributed by atoms with Gasteiger partial charge in [-0.1, -0.05) is 30.3 Å². The quantitative estimate of drug-likeness (QED) is 0.420. The van der Waals surface area contributed by atoms with E-state index < -0.39 is 47.3 Å². The Bertz CT molecular complexity index is 1300. The van der Waals surface area contributed by atoms with E-state index in [0.29, 0.717) is 10.5 Å². The van der Waals surface area contributed by atoms with Crippen molar-refractivity contribution in [2.75, 3.05) is 4.90 Å². The number of nitrogens with zero attached hydrogens (tertiary/aromatic N) is 3. The van der Waals surface area contributed by atoms with Gasteiger partial charge in [-0.25, -0.2) is 19.4 Å². The smallest absolute Gasteiger partial charge is 0.425 e. The van der Waals surface area contributed by atoms with Crippen LogP contribution in [-0.2, 0) is 25.5 Å². The zero-order valence-corrected chi connectivity index (χ0v) is 25.5. The number of β-lactam (4-membered cyclic amide) rings is 1. The number of ether oxygens (including phenoxy) is 2. The third-order valence-corrected chi connectivity index (χ3v) is 6.35. The lowest BCUT2D eigenvalue weighted by atomic mass is 9.80. The van der Waals surface area contributed by atoms with Gasteiger partial charge in [0, 0.05) is 12.6 Å². The summed E-state index contributed by atoms with van der Waals surface area (Å²) in [5.74, 6) is -1.30. The average molecular weight is 581 g/mol. The van der Waals surface area contributed by atoms with Crippen molar-refractivity contribution < 1.29 is 33.4 Å². The lowest BCUT2D eigenvalue weighted by molar-refractivity contribution is -0.151. The van der Waals surface area contributed by atoms with E-state index >= 15 is 0 Å². The van der Waals surface area contributed by atoms with Crippen molar-refractivity contribution in [3.63, 3.8) is 0 Å². The number of carbonyl (C=O) groups excluding carboxylic acids is 5. The summed E-state index contributed by atoms with van der Waals surface area (Å²) < 4.78 is 10.9. The number of anilines is 1. The molecule has 11 heteroatoms. The van der Waals surface area contributed by atoms with Crippen LogP contribution in [0.25, 0.3) is 0 Å². The number of aromatic nitrogens is 1. The lowest BCUT2D eigenvalue weighted by Gasteiger charge is -2.45. The molecule has 0 spiro atoms. The van der Waals surface area contributed by atoms with Crippen LogP contribution in [0.5, 0.6) is 0 Å². The SMILES string of the molecule is CC(=O)C[C@@H]1[C@@H](Cc2ccnc(N(C(=O)OC(C)(C)C)C(=O)OC(C)(C)C)c2)C(=O)N1C(=O)N[C@H](C)c1ccccc1. The van der Waals surface area contributed by atoms with E-state index in [1.165, 1.54) is 19.2 Å². The number of nitrogens with one attached hydrogen (secondary N) is 1. The Hall–Kier alpha value is -4.28. The topological polar surface area (TPSA) is 135 Å². The second-order valence-corrected chi connectivity index (χ2v) is 12.4. The summed E-state index contributed by atoms with van der Waals surface area (Å²) in [5, 5.41) is 2.84. The predicted molar refractivity (Wildman–Crippen MR) is 156 cm³/mol. The molecule has 3 rings (SSSR count). The van der Waals surface area contributed by atoms with Crippen molar-refractivity contribution >= 4 is 35.7 Å². The predicted octanol–water partition coefficient (Wildman–Crippen LogP) is 5.58. The van der Waals surface area contributed by atoms with Gasteiger partial charge < -0.3 is 14.8 Å². The first kappa shape index (κ1) is 32.2. The van der Waals surface area contributed by atoms with E-state index in [2.05, 4.69) is 10.3 Å². The zero-order chi connectivity index (χ0) is 31.4. The highest BCUT2D eigenvalue weighted by molar-refractivity contribution is 6.09. The van der Waals surface area contributed by atoms with E-state index in [-0.39, 0.29) is 30.5 Å². The number of imide groups is 2. The van der Waals surface area contributed by atoms with Gasteiger partial charge in [0.05, 0.1) is 18.0 Å². The van der Waals surface area contributed by atoms with Gasteiger partial charge in [0.15, 0.2) is 0 Å². The number of hydrogen-bond donors (Lipinski definition) is 1. The number of Topliss-reactive ketones (excluding diaryl/α,β-unsaturated/α-hetero) is 1. The minimum Gasteiger partial charge on any atom is -0.443 e. The van der Waals surface area contributed by atoms with E-state index in [0.717, 1.165) is 10.5 Å². The molecule has 2 aromatic rings. The molecule has 5 amide bonds. The van der Waals surface area contributed by atoms with Crippen LogP contribution in [0, 0.1) is 5.92 Å². The number of benzene rings is 1. The number of hydrogen-bond acceptors (Lipinski definition) is 8. The number of rotatable bonds is 7. The van der Waals surface area contributed by atoms with E-state index in [1.54, 1.807) is 47.6 Å². The van der Waals surface area contributed by atoms with Gasteiger partial charge in [-0.15, -0.1) is 0 Å². The fourth-order valence-electron chi connectivity index (χ4n) is 4.53. The second kappa shape index (κ2) is 12.7. The first-order valence-electron chi connectivity index (χ1n) is 13.9. The fourth-order valence-corrected chi connectivity index (χ4v) is 4.53. The molecule has 1 fully saturated rings. The molecule has 1 aromatic heterocycles. The Balaban J connectivity index is 1.83. The van der Waals surface area contributed by atoms with Crippen molar-refractivity contribution in [2.45, 2.75) is 91.5 Å². The van der Waals surface area contributed by atoms with E-state index in [1.807, 2.05) is 37.3 Å². The summed E-state index contributed by atoms with van der Waals surface area (Å²) in [4.78, 5) is 70.5. The van der Waals surface area contributed by atoms with Gasteiger partial charge in [0.1, 0.15) is 22.8 Å². The van der Waals surface area contributed by atoms with Crippen molar-refractivity contribution in [3.05, 3.63) is 59.8 Å². The standard InChI is InChI=1S/C31H40N4O7/c1-19(36)16-24-23(26(37)34(24)27(38)33-20(2)22-12-10-9-11-13-22)17-21-14-15-32-25(18-21)35(28(39)41-30(3,4)5)29(40)42-31(6,7)8/h9-15,18,20,23-24H,16-17H2,1-8H3,(H,33,38)/t20-,23-,24-/m1/s1. The highest BCUT2D eigenvalue weighted by atomic mass is 16.6. The molecule has 1 saturated heterocycles. The van der Waals surface area contributed by atoms with Gasteiger partial charge in [0.25, 0.3) is 0 Å². The molecular weight excluding hydrogens is 540 g/mol. The molecule has 0 aliphatic carbocycles. The molecule has 1 aliphatic heterocycles. The molecule has 1 aliphatic rings. The van der Waals surface area contributed by atoms with Gasteiger partial charge in [-0.05, 0) is 85.1 Å². The van der Waals surface area contributed by atoms with Crippen LogP contribution in [-0.4, -0.2) is 57.0 Å². The summed E-state index contributed by atoms with van der Waals surface area (Å²) in [6.45, 7) is 13.2. The van der Waals surface area contributed by atoms with Crippen LogP contribution in [0.1, 0.15) is 79.0 Å². The highest BCUT2D eigenvalue weighted by Crippen LogP contribution is 2.34. The molecule has 2 heterocycles. The molecule has 0 bridgehead atoms. The molecule has 0 saturated carbocycles. The van der Waals surface area contributed by atoms with Crippen LogP contribution < -0.4 is 10.2 Å². The number of amides is 5. The zero-order valence-electron chi connectivity index (χ0n) is 25.5. The summed E-state index contributed by atoms with van der Waals surface area (Å²) in [6, 6.07) is 10.9. The second-order valence-electron chi connectivity index (χ2n) is 12.4. The Morgan fingerprint density at radius 2 is 1.55 bits per heavy atom. The number of likely N-dealkylation sites (tertiary alicyclic amines) is 1. The summed E-state index contributed by atoms with van der Waals surface area (Å²) in [6.07, 6.45) is -0.372. The molecule has 42 heavy (non-hydrogen) atoms. The minimum atomic E-state index is -0.967. The molecule has 3 atom stereocenters.